The van der Waals surface area contributed by atoms with Gasteiger partial charge in [-0.05, 0) is 30.3 Å². The van der Waals surface area contributed by atoms with Crippen molar-refractivity contribution in [1.82, 2.24) is 14.8 Å². The van der Waals surface area contributed by atoms with Gasteiger partial charge in [0.2, 0.25) is 0 Å². The zero-order valence-electron chi connectivity index (χ0n) is 13.0. The van der Waals surface area contributed by atoms with Crippen LogP contribution in [-0.4, -0.2) is 27.2 Å². The summed E-state index contributed by atoms with van der Waals surface area (Å²) < 4.78 is 7.06. The summed E-state index contributed by atoms with van der Waals surface area (Å²) in [6.45, 7) is 0.0804. The van der Waals surface area contributed by atoms with Crippen LogP contribution in [0, 0.1) is 0 Å². The van der Waals surface area contributed by atoms with Crippen LogP contribution >= 0.6 is 23.2 Å². The number of ether oxygens (including phenoxy) is 1. The Morgan fingerprint density at radius 3 is 2.76 bits per heavy atom. The number of hydrazine groups is 1. The lowest BCUT2D eigenvalue weighted by atomic mass is 10.3. The molecule has 1 heterocycles. The molecule has 2 aromatic carbocycles. The second-order valence-corrected chi connectivity index (χ2v) is 5.84. The van der Waals surface area contributed by atoms with Crippen LogP contribution in [0.4, 0.5) is 5.69 Å². The molecule has 0 saturated heterocycles. The number of nitrogens with zero attached hydrogens (tertiary/aromatic N) is 3. The molecule has 3 rings (SSSR count). The van der Waals surface area contributed by atoms with E-state index in [9.17, 15) is 0 Å². The molecule has 0 unspecified atom stereocenters. The standard InChI is InChI=1S/C16H14Cl2N6O/c17-11-6-7-14(13(18)8-11)21-22-15(19)9-25-16-20-10-24(23-16)12-4-2-1-3-5-12/h1-8,10,21H,9H2,(H2,19,22)/p+1. The summed E-state index contributed by atoms with van der Waals surface area (Å²) in [6, 6.07) is 14.9. The summed E-state index contributed by atoms with van der Waals surface area (Å²) in [5, 5.41) is 8.04. The van der Waals surface area contributed by atoms with Gasteiger partial charge < -0.3 is 4.74 Å². The van der Waals surface area contributed by atoms with Crippen LogP contribution in [0.2, 0.25) is 10.0 Å². The first-order valence-electron chi connectivity index (χ1n) is 7.30. The Labute approximate surface area is 154 Å². The maximum absolute atomic E-state index is 6.06. The topological polar surface area (TPSA) is 92.0 Å². The molecule has 3 aromatic rings. The average Bonchev–Trinajstić information content (AvgIpc) is 3.09. The van der Waals surface area contributed by atoms with Crippen molar-refractivity contribution in [1.29, 1.82) is 0 Å². The molecule has 0 amide bonds. The van der Waals surface area contributed by atoms with Crippen molar-refractivity contribution in [2.24, 2.45) is 5.73 Å². The van der Waals surface area contributed by atoms with Gasteiger partial charge in [-0.1, -0.05) is 41.4 Å². The van der Waals surface area contributed by atoms with Gasteiger partial charge in [-0.3, -0.25) is 5.73 Å². The largest absolute Gasteiger partial charge is 0.449 e. The van der Waals surface area contributed by atoms with E-state index in [4.69, 9.17) is 33.7 Å². The number of anilines is 1. The Kier molecular flexibility index (Phi) is 5.37. The van der Waals surface area contributed by atoms with E-state index in [-0.39, 0.29) is 12.6 Å². The highest BCUT2D eigenvalue weighted by atomic mass is 35.5. The number of aromatic nitrogens is 3. The van der Waals surface area contributed by atoms with Gasteiger partial charge in [-0.25, -0.2) is 10.1 Å². The zero-order valence-corrected chi connectivity index (χ0v) is 14.5. The molecule has 0 aliphatic heterocycles. The molecule has 25 heavy (non-hydrogen) atoms. The highest BCUT2D eigenvalue weighted by Crippen LogP contribution is 2.23. The second kappa shape index (κ2) is 7.87. The maximum atomic E-state index is 6.06. The molecule has 0 atom stereocenters. The number of amidine groups is 1. The lowest BCUT2D eigenvalue weighted by molar-refractivity contribution is -0.422. The van der Waals surface area contributed by atoms with Crippen LogP contribution in [0.15, 0.2) is 54.9 Å². The summed E-state index contributed by atoms with van der Waals surface area (Å²) in [6.07, 6.45) is 1.57. The van der Waals surface area contributed by atoms with E-state index in [1.54, 1.807) is 29.2 Å². The molecule has 0 radical (unpaired) electrons. The Balaban J connectivity index is 1.57. The van der Waals surface area contributed by atoms with E-state index >= 15 is 0 Å². The number of nitrogens with one attached hydrogen (secondary N) is 2. The predicted octanol–water partition coefficient (Wildman–Crippen LogP) is 1.42. The fourth-order valence-electron chi connectivity index (χ4n) is 1.94. The number of para-hydroxylation sites is 1. The van der Waals surface area contributed by atoms with Crippen molar-refractivity contribution in [2.75, 3.05) is 12.0 Å². The summed E-state index contributed by atoms with van der Waals surface area (Å²) in [4.78, 5) is 4.08. The van der Waals surface area contributed by atoms with Crippen LogP contribution in [0.1, 0.15) is 0 Å². The summed E-state index contributed by atoms with van der Waals surface area (Å²) >= 11 is 11.9. The van der Waals surface area contributed by atoms with Crippen LogP contribution in [-0.2, 0) is 0 Å². The quantitative estimate of drug-likeness (QED) is 0.343. The Hall–Kier alpha value is -2.77. The maximum Gasteiger partial charge on any atom is 0.336 e. The molecule has 0 fully saturated rings. The van der Waals surface area contributed by atoms with Crippen molar-refractivity contribution >= 4 is 34.7 Å². The third-order valence-electron chi connectivity index (χ3n) is 3.14. The summed E-state index contributed by atoms with van der Waals surface area (Å²) in [5.74, 6) is 0.335. The molecular weight excluding hydrogens is 363 g/mol. The van der Waals surface area contributed by atoms with Gasteiger partial charge in [-0.2, -0.15) is 10.1 Å². The highest BCUT2D eigenvalue weighted by molar-refractivity contribution is 6.36. The number of hydrogen-bond donors (Lipinski definition) is 3. The number of hydrogen-bond acceptors (Lipinski definition) is 4. The smallest absolute Gasteiger partial charge is 0.336 e. The second-order valence-electron chi connectivity index (χ2n) is 5.00. The Morgan fingerprint density at radius 1 is 1.20 bits per heavy atom. The number of benzene rings is 2. The zero-order chi connectivity index (χ0) is 17.6. The van der Waals surface area contributed by atoms with Crippen LogP contribution in [0.25, 0.3) is 5.69 Å². The first kappa shape index (κ1) is 17.1. The summed E-state index contributed by atoms with van der Waals surface area (Å²) in [5.41, 5.74) is 10.3. The molecule has 128 valence electrons. The fraction of sp³-hybridized carbons (Fsp3) is 0.0625. The normalized spacial score (nSPS) is 11.4. The van der Waals surface area contributed by atoms with E-state index in [1.165, 1.54) is 0 Å². The van der Waals surface area contributed by atoms with E-state index in [2.05, 4.69) is 20.6 Å². The van der Waals surface area contributed by atoms with Gasteiger partial charge >= 0.3 is 11.8 Å². The van der Waals surface area contributed by atoms with Gasteiger partial charge in [-0.15, -0.1) is 5.10 Å². The van der Waals surface area contributed by atoms with Crippen LogP contribution < -0.4 is 21.0 Å². The van der Waals surface area contributed by atoms with E-state index < -0.39 is 0 Å². The molecule has 1 aromatic heterocycles. The minimum Gasteiger partial charge on any atom is -0.449 e. The van der Waals surface area contributed by atoms with Crippen molar-refractivity contribution in [3.63, 3.8) is 0 Å². The minimum atomic E-state index is 0.0804. The van der Waals surface area contributed by atoms with Crippen molar-refractivity contribution in [2.45, 2.75) is 0 Å². The Bertz CT molecular complexity index is 881. The van der Waals surface area contributed by atoms with Gasteiger partial charge in [0, 0.05) is 5.02 Å². The Morgan fingerprint density at radius 2 is 2.00 bits per heavy atom. The number of hydrazone groups is 1. The van der Waals surface area contributed by atoms with E-state index in [0.717, 1.165) is 5.69 Å². The summed E-state index contributed by atoms with van der Waals surface area (Å²) in [7, 11) is 0. The third kappa shape index (κ3) is 4.62. The van der Waals surface area contributed by atoms with Crippen molar-refractivity contribution < 1.29 is 9.84 Å². The predicted molar refractivity (Wildman–Crippen MR) is 97.1 cm³/mol. The lowest BCUT2D eigenvalue weighted by Crippen LogP contribution is -2.80. The van der Waals surface area contributed by atoms with Gasteiger partial charge in [0.05, 0.1) is 16.4 Å². The average molecular weight is 378 g/mol. The van der Waals surface area contributed by atoms with E-state index in [0.29, 0.717) is 21.6 Å². The number of halogens is 2. The first-order chi connectivity index (χ1) is 12.1. The monoisotopic (exact) mass is 377 g/mol. The molecule has 0 saturated carbocycles. The lowest BCUT2D eigenvalue weighted by Gasteiger charge is -2.03. The molecule has 9 heteroatoms. The third-order valence-corrected chi connectivity index (χ3v) is 3.69. The molecule has 0 bridgehead atoms. The highest BCUT2D eigenvalue weighted by Gasteiger charge is 2.07. The van der Waals surface area contributed by atoms with Crippen LogP contribution in [0.5, 0.6) is 6.01 Å². The van der Waals surface area contributed by atoms with Gasteiger partial charge in [0.15, 0.2) is 6.61 Å². The van der Waals surface area contributed by atoms with Crippen molar-refractivity contribution in [3.05, 3.63) is 64.9 Å². The molecule has 0 aliphatic carbocycles. The molecule has 7 nitrogen and oxygen atoms in total. The minimum absolute atomic E-state index is 0.0804. The SMILES string of the molecule is NC(COc1ncn(-c2ccccc2)n1)=[NH+]Nc1ccc(Cl)cc1Cl. The van der Waals surface area contributed by atoms with Crippen LogP contribution in [0.3, 0.4) is 0 Å². The molecule has 4 N–H and O–H groups in total. The fourth-order valence-corrected chi connectivity index (χ4v) is 2.39. The van der Waals surface area contributed by atoms with Crippen molar-refractivity contribution in [3.8, 4) is 11.7 Å². The number of rotatable bonds is 6. The van der Waals surface area contributed by atoms with Gasteiger partial charge in [0.25, 0.3) is 0 Å². The van der Waals surface area contributed by atoms with Gasteiger partial charge in [0.1, 0.15) is 6.33 Å². The first-order valence-corrected chi connectivity index (χ1v) is 8.05. The molecular formula is C16H15Cl2N6O+. The van der Waals surface area contributed by atoms with E-state index in [1.807, 2.05) is 30.3 Å². The molecule has 0 spiro atoms. The number of nitrogens with two attached hydrogens (primary N) is 1. The molecule has 0 aliphatic rings.